The standard InChI is InChI=1S/C23H23N3O4/c1-14-12-16-8-4-7-11-20(16)26(14)22(28)15(2)30-21(27)13-19-17-9-5-6-10-18(17)23(29)25(3)24-19/h4-11,14-15H,12-13H2,1-3H3/t14-,15-/m0/s1. The van der Waals surface area contributed by atoms with Crippen molar-refractivity contribution in [1.82, 2.24) is 9.78 Å². The average molecular weight is 405 g/mol. The first-order valence-electron chi connectivity index (χ1n) is 9.92. The SMILES string of the molecule is C[C@H](OC(=O)Cc1nn(C)c(=O)c2ccccc12)C(=O)N1c2ccccc2C[C@@H]1C. The fraction of sp³-hybridized carbons (Fsp3) is 0.304. The fourth-order valence-electron chi connectivity index (χ4n) is 4.03. The number of fused-ring (bicyclic) bond motifs is 2. The molecule has 0 bridgehead atoms. The van der Waals surface area contributed by atoms with E-state index in [9.17, 15) is 14.4 Å². The van der Waals surface area contributed by atoms with Crippen molar-refractivity contribution in [1.29, 1.82) is 0 Å². The van der Waals surface area contributed by atoms with Gasteiger partial charge >= 0.3 is 5.97 Å². The molecular weight excluding hydrogens is 382 g/mol. The van der Waals surface area contributed by atoms with Gasteiger partial charge in [0.2, 0.25) is 0 Å². The second kappa shape index (κ2) is 7.74. The third kappa shape index (κ3) is 3.47. The molecule has 0 radical (unpaired) electrons. The van der Waals surface area contributed by atoms with E-state index in [1.165, 1.54) is 4.68 Å². The molecule has 0 fully saturated rings. The molecule has 0 unspecified atom stereocenters. The molecule has 1 aromatic heterocycles. The third-order valence-corrected chi connectivity index (χ3v) is 5.45. The number of nitrogens with zero attached hydrogens (tertiary/aromatic N) is 3. The topological polar surface area (TPSA) is 81.5 Å². The number of para-hydroxylation sites is 1. The third-order valence-electron chi connectivity index (χ3n) is 5.45. The highest BCUT2D eigenvalue weighted by molar-refractivity contribution is 6.00. The lowest BCUT2D eigenvalue weighted by Crippen LogP contribution is -2.43. The number of carbonyl (C=O) groups is 2. The van der Waals surface area contributed by atoms with Crippen molar-refractivity contribution >= 4 is 28.3 Å². The number of carbonyl (C=O) groups excluding carboxylic acids is 2. The summed E-state index contributed by atoms with van der Waals surface area (Å²) in [6.45, 7) is 3.56. The summed E-state index contributed by atoms with van der Waals surface area (Å²) in [5, 5.41) is 5.32. The fourth-order valence-corrected chi connectivity index (χ4v) is 4.03. The summed E-state index contributed by atoms with van der Waals surface area (Å²) in [6.07, 6.45) is -0.278. The summed E-state index contributed by atoms with van der Waals surface area (Å²) in [5.41, 5.74) is 2.19. The second-order valence-corrected chi connectivity index (χ2v) is 7.62. The second-order valence-electron chi connectivity index (χ2n) is 7.62. The quantitative estimate of drug-likeness (QED) is 0.623. The van der Waals surface area contributed by atoms with E-state index in [0.29, 0.717) is 16.5 Å². The van der Waals surface area contributed by atoms with Gasteiger partial charge in [0, 0.05) is 24.2 Å². The van der Waals surface area contributed by atoms with Crippen LogP contribution in [0.25, 0.3) is 10.8 Å². The Balaban J connectivity index is 1.51. The van der Waals surface area contributed by atoms with E-state index >= 15 is 0 Å². The van der Waals surface area contributed by atoms with Crippen LogP contribution in [0.15, 0.2) is 53.3 Å². The maximum absolute atomic E-state index is 13.0. The normalized spacial score (nSPS) is 16.4. The molecule has 7 heteroatoms. The molecule has 3 aromatic rings. The van der Waals surface area contributed by atoms with Crippen molar-refractivity contribution in [3.05, 3.63) is 70.1 Å². The Bertz CT molecular complexity index is 1200. The van der Waals surface area contributed by atoms with Crippen molar-refractivity contribution in [2.45, 2.75) is 38.8 Å². The molecule has 0 aliphatic carbocycles. The summed E-state index contributed by atoms with van der Waals surface area (Å²) in [7, 11) is 1.54. The number of hydrogen-bond donors (Lipinski definition) is 0. The van der Waals surface area contributed by atoms with Crippen LogP contribution >= 0.6 is 0 Å². The molecule has 1 aliphatic heterocycles. The zero-order valence-corrected chi connectivity index (χ0v) is 17.2. The van der Waals surface area contributed by atoms with Gasteiger partial charge in [-0.2, -0.15) is 5.10 Å². The first-order chi connectivity index (χ1) is 14.4. The molecule has 2 heterocycles. The molecule has 0 spiro atoms. The maximum atomic E-state index is 13.0. The lowest BCUT2D eigenvalue weighted by atomic mass is 10.1. The molecule has 2 atom stereocenters. The number of aryl methyl sites for hydroxylation is 1. The molecule has 154 valence electrons. The minimum atomic E-state index is -0.926. The van der Waals surface area contributed by atoms with Crippen LogP contribution in [0.3, 0.4) is 0 Å². The van der Waals surface area contributed by atoms with Crippen molar-refractivity contribution in [2.75, 3.05) is 4.90 Å². The van der Waals surface area contributed by atoms with Gasteiger partial charge in [0.25, 0.3) is 11.5 Å². The lowest BCUT2D eigenvalue weighted by Gasteiger charge is -2.26. The Hall–Kier alpha value is -3.48. The summed E-state index contributed by atoms with van der Waals surface area (Å²) in [4.78, 5) is 39.5. The van der Waals surface area contributed by atoms with Gasteiger partial charge in [-0.1, -0.05) is 36.4 Å². The van der Waals surface area contributed by atoms with Gasteiger partial charge in [-0.15, -0.1) is 0 Å². The zero-order chi connectivity index (χ0) is 21.4. The van der Waals surface area contributed by atoms with E-state index in [1.807, 2.05) is 31.2 Å². The van der Waals surface area contributed by atoms with Crippen LogP contribution in [0.1, 0.15) is 25.1 Å². The van der Waals surface area contributed by atoms with Gasteiger partial charge in [0.05, 0.1) is 17.5 Å². The van der Waals surface area contributed by atoms with E-state index in [-0.39, 0.29) is 23.9 Å². The molecule has 4 rings (SSSR count). The molecule has 0 N–H and O–H groups in total. The van der Waals surface area contributed by atoms with Gasteiger partial charge in [0.1, 0.15) is 0 Å². The van der Waals surface area contributed by atoms with Crippen LogP contribution in [-0.2, 0) is 34.2 Å². The van der Waals surface area contributed by atoms with E-state index in [4.69, 9.17) is 4.74 Å². The van der Waals surface area contributed by atoms with Crippen molar-refractivity contribution in [3.63, 3.8) is 0 Å². The molecule has 30 heavy (non-hydrogen) atoms. The number of hydrogen-bond acceptors (Lipinski definition) is 5. The molecule has 0 saturated heterocycles. The first-order valence-corrected chi connectivity index (χ1v) is 9.92. The van der Waals surface area contributed by atoms with Crippen molar-refractivity contribution < 1.29 is 14.3 Å². The molecule has 0 saturated carbocycles. The number of rotatable bonds is 4. The van der Waals surface area contributed by atoms with Crippen LogP contribution in [0.4, 0.5) is 5.69 Å². The molecule has 2 aromatic carbocycles. The number of esters is 1. The number of aromatic nitrogens is 2. The first kappa shape index (κ1) is 19.8. The highest BCUT2D eigenvalue weighted by Gasteiger charge is 2.34. The van der Waals surface area contributed by atoms with Crippen LogP contribution in [0.2, 0.25) is 0 Å². The minimum absolute atomic E-state index is 0.00492. The Labute approximate surface area is 173 Å². The predicted octanol–water partition coefficient (Wildman–Crippen LogP) is 2.39. The zero-order valence-electron chi connectivity index (χ0n) is 17.2. The van der Waals surface area contributed by atoms with Gasteiger partial charge in [-0.3, -0.25) is 14.4 Å². The van der Waals surface area contributed by atoms with Gasteiger partial charge in [0.15, 0.2) is 6.10 Å². The number of amides is 1. The highest BCUT2D eigenvalue weighted by atomic mass is 16.5. The van der Waals surface area contributed by atoms with E-state index in [2.05, 4.69) is 5.10 Å². The van der Waals surface area contributed by atoms with E-state index in [1.54, 1.807) is 43.1 Å². The predicted molar refractivity (Wildman–Crippen MR) is 113 cm³/mol. The van der Waals surface area contributed by atoms with E-state index < -0.39 is 12.1 Å². The Morgan fingerprint density at radius 1 is 1.13 bits per heavy atom. The summed E-state index contributed by atoms with van der Waals surface area (Å²) >= 11 is 0. The molecule has 1 aliphatic rings. The Morgan fingerprint density at radius 2 is 1.80 bits per heavy atom. The summed E-state index contributed by atoms with van der Waals surface area (Å²) < 4.78 is 6.66. The summed E-state index contributed by atoms with van der Waals surface area (Å²) in [6, 6.07) is 14.8. The van der Waals surface area contributed by atoms with Crippen LogP contribution in [0.5, 0.6) is 0 Å². The van der Waals surface area contributed by atoms with Crippen molar-refractivity contribution in [3.8, 4) is 0 Å². The van der Waals surface area contributed by atoms with E-state index in [0.717, 1.165) is 17.7 Å². The molecular formula is C23H23N3O4. The van der Waals surface area contributed by atoms with Crippen LogP contribution in [0, 0.1) is 0 Å². The van der Waals surface area contributed by atoms with Gasteiger partial charge in [-0.25, -0.2) is 4.68 Å². The van der Waals surface area contributed by atoms with Crippen LogP contribution in [-0.4, -0.2) is 33.8 Å². The largest absolute Gasteiger partial charge is 0.452 e. The molecule has 7 nitrogen and oxygen atoms in total. The van der Waals surface area contributed by atoms with Gasteiger partial charge in [-0.05, 0) is 38.0 Å². The lowest BCUT2D eigenvalue weighted by molar-refractivity contribution is -0.153. The Kier molecular flexibility index (Phi) is 5.11. The number of ether oxygens (including phenoxy) is 1. The van der Waals surface area contributed by atoms with Crippen LogP contribution < -0.4 is 10.5 Å². The van der Waals surface area contributed by atoms with Gasteiger partial charge < -0.3 is 9.64 Å². The maximum Gasteiger partial charge on any atom is 0.312 e. The smallest absolute Gasteiger partial charge is 0.312 e. The molecule has 1 amide bonds. The minimum Gasteiger partial charge on any atom is -0.452 e. The summed E-state index contributed by atoms with van der Waals surface area (Å²) in [5.74, 6) is -0.814. The number of benzene rings is 2. The number of anilines is 1. The highest BCUT2D eigenvalue weighted by Crippen LogP contribution is 2.32. The average Bonchev–Trinajstić information content (AvgIpc) is 3.06. The van der Waals surface area contributed by atoms with Crippen molar-refractivity contribution in [2.24, 2.45) is 7.05 Å². The Morgan fingerprint density at radius 3 is 2.57 bits per heavy atom. The monoisotopic (exact) mass is 405 g/mol.